The molecular weight excluding hydrogens is 404 g/mol. The predicted molar refractivity (Wildman–Crippen MR) is 109 cm³/mol. The van der Waals surface area contributed by atoms with Gasteiger partial charge in [-0.2, -0.15) is 0 Å². The highest BCUT2D eigenvalue weighted by molar-refractivity contribution is 6.17. The van der Waals surface area contributed by atoms with Crippen molar-refractivity contribution in [2.45, 2.75) is 6.10 Å². The Balaban J connectivity index is 1.66. The summed E-state index contributed by atoms with van der Waals surface area (Å²) in [6.07, 6.45) is -2.72. The van der Waals surface area contributed by atoms with E-state index < -0.39 is 36.3 Å². The van der Waals surface area contributed by atoms with Crippen LogP contribution in [0.2, 0.25) is 0 Å². The molecule has 1 aliphatic rings. The molecule has 1 atom stereocenters. The van der Waals surface area contributed by atoms with Gasteiger partial charge in [0.2, 0.25) is 0 Å². The summed E-state index contributed by atoms with van der Waals surface area (Å²) in [6.45, 7) is 3.32. The molecule has 1 N–H and O–H groups in total. The number of hydrogen-bond donors (Lipinski definition) is 1. The van der Waals surface area contributed by atoms with Crippen molar-refractivity contribution in [2.24, 2.45) is 0 Å². The zero-order chi connectivity index (χ0) is 22.5. The van der Waals surface area contributed by atoms with Gasteiger partial charge in [0.25, 0.3) is 17.9 Å². The van der Waals surface area contributed by atoms with Gasteiger partial charge in [-0.3, -0.25) is 14.4 Å². The van der Waals surface area contributed by atoms with E-state index in [-0.39, 0.29) is 11.3 Å². The maximum Gasteiger partial charge on any atom is 0.422 e. The molecule has 0 bridgehead atoms. The zero-order valence-corrected chi connectivity index (χ0v) is 16.9. The van der Waals surface area contributed by atoms with E-state index in [0.717, 1.165) is 0 Å². The fourth-order valence-corrected chi connectivity index (χ4v) is 2.91. The van der Waals surface area contributed by atoms with Crippen LogP contribution in [-0.4, -0.2) is 55.5 Å². The number of imide groups is 1. The van der Waals surface area contributed by atoms with E-state index in [2.05, 4.69) is 11.9 Å². The Hall–Kier alpha value is -4.14. The number of methoxy groups -OCH3 is 2. The molecule has 1 unspecified atom stereocenters. The van der Waals surface area contributed by atoms with Crippen molar-refractivity contribution >= 4 is 29.4 Å². The van der Waals surface area contributed by atoms with Crippen LogP contribution in [0.3, 0.4) is 0 Å². The first-order valence-electron chi connectivity index (χ1n) is 9.18. The van der Waals surface area contributed by atoms with Gasteiger partial charge in [-0.05, 0) is 17.7 Å². The topological polar surface area (TPSA) is 111 Å². The number of carbonyl (C=O) groups is 4. The lowest BCUT2D eigenvalue weighted by Crippen LogP contribution is -2.42. The SMILES string of the molecule is C=C(c1ccccc1)N1C(=O)OC(C(=O)NCC(=O)c2cc(OC)cc(OC)c2)C1=O. The first-order valence-corrected chi connectivity index (χ1v) is 9.18. The Bertz CT molecular complexity index is 1030. The molecule has 3 rings (SSSR count). The van der Waals surface area contributed by atoms with E-state index in [1.165, 1.54) is 26.4 Å². The van der Waals surface area contributed by atoms with Crippen molar-refractivity contribution in [1.29, 1.82) is 0 Å². The van der Waals surface area contributed by atoms with Crippen LogP contribution in [0.5, 0.6) is 11.5 Å². The van der Waals surface area contributed by atoms with E-state index in [4.69, 9.17) is 14.2 Å². The molecular formula is C22H20N2O7. The van der Waals surface area contributed by atoms with Gasteiger partial charge in [0.1, 0.15) is 11.5 Å². The van der Waals surface area contributed by atoms with Crippen LogP contribution in [-0.2, 0) is 14.3 Å². The first kappa shape index (κ1) is 21.6. The maximum absolute atomic E-state index is 12.6. The summed E-state index contributed by atoms with van der Waals surface area (Å²) in [5, 5.41) is 2.32. The van der Waals surface area contributed by atoms with Crippen LogP contribution < -0.4 is 14.8 Å². The third-order valence-electron chi connectivity index (χ3n) is 4.56. The lowest BCUT2D eigenvalue weighted by Gasteiger charge is -2.14. The molecule has 31 heavy (non-hydrogen) atoms. The molecule has 1 saturated heterocycles. The van der Waals surface area contributed by atoms with E-state index in [1.807, 2.05) is 0 Å². The van der Waals surface area contributed by atoms with Crippen LogP contribution in [0.25, 0.3) is 5.70 Å². The molecule has 0 spiro atoms. The van der Waals surface area contributed by atoms with E-state index in [0.29, 0.717) is 22.0 Å². The zero-order valence-electron chi connectivity index (χ0n) is 16.9. The molecule has 2 aromatic carbocycles. The Morgan fingerprint density at radius 3 is 2.23 bits per heavy atom. The number of ketones is 1. The maximum atomic E-state index is 12.6. The predicted octanol–water partition coefficient (Wildman–Crippen LogP) is 2.02. The molecule has 160 valence electrons. The highest BCUT2D eigenvalue weighted by Crippen LogP contribution is 2.25. The van der Waals surface area contributed by atoms with Crippen LogP contribution in [0, 0.1) is 0 Å². The summed E-state index contributed by atoms with van der Waals surface area (Å²) in [7, 11) is 2.89. The van der Waals surface area contributed by atoms with Crippen LogP contribution in [0.15, 0.2) is 55.1 Å². The number of amides is 3. The fourth-order valence-electron chi connectivity index (χ4n) is 2.91. The summed E-state index contributed by atoms with van der Waals surface area (Å²) in [5.41, 5.74) is 0.854. The van der Waals surface area contributed by atoms with Gasteiger partial charge in [0, 0.05) is 11.6 Å². The Morgan fingerprint density at radius 1 is 1.03 bits per heavy atom. The van der Waals surface area contributed by atoms with Gasteiger partial charge < -0.3 is 19.5 Å². The number of carbonyl (C=O) groups excluding carboxylic acids is 4. The number of rotatable bonds is 8. The largest absolute Gasteiger partial charge is 0.497 e. The minimum absolute atomic E-state index is 0.0884. The number of benzene rings is 2. The van der Waals surface area contributed by atoms with Crippen molar-refractivity contribution in [1.82, 2.24) is 10.2 Å². The third kappa shape index (κ3) is 4.55. The second kappa shape index (κ2) is 9.12. The number of ether oxygens (including phenoxy) is 3. The number of nitrogens with zero attached hydrogens (tertiary/aromatic N) is 1. The quantitative estimate of drug-likeness (QED) is 0.510. The van der Waals surface area contributed by atoms with E-state index in [9.17, 15) is 19.2 Å². The Labute approximate surface area is 178 Å². The van der Waals surface area contributed by atoms with Crippen molar-refractivity contribution in [2.75, 3.05) is 20.8 Å². The molecule has 0 radical (unpaired) electrons. The molecule has 2 aromatic rings. The lowest BCUT2D eigenvalue weighted by molar-refractivity contribution is -0.137. The summed E-state index contributed by atoms with van der Waals surface area (Å²) in [6, 6.07) is 13.1. The molecule has 1 fully saturated rings. The van der Waals surface area contributed by atoms with Gasteiger partial charge in [-0.15, -0.1) is 0 Å². The molecule has 1 heterocycles. The van der Waals surface area contributed by atoms with Gasteiger partial charge in [-0.1, -0.05) is 36.9 Å². The first-order chi connectivity index (χ1) is 14.8. The average Bonchev–Trinajstić information content (AvgIpc) is 3.10. The minimum Gasteiger partial charge on any atom is -0.497 e. The minimum atomic E-state index is -1.71. The van der Waals surface area contributed by atoms with E-state index in [1.54, 1.807) is 36.4 Å². The number of nitrogens with one attached hydrogen (secondary N) is 1. The molecule has 0 aliphatic carbocycles. The van der Waals surface area contributed by atoms with Crippen molar-refractivity contribution in [3.8, 4) is 11.5 Å². The van der Waals surface area contributed by atoms with Gasteiger partial charge >= 0.3 is 6.09 Å². The summed E-state index contributed by atoms with van der Waals surface area (Å²) in [4.78, 5) is 50.3. The second-order valence-electron chi connectivity index (χ2n) is 6.49. The monoisotopic (exact) mass is 424 g/mol. The average molecular weight is 424 g/mol. The van der Waals surface area contributed by atoms with Crippen LogP contribution >= 0.6 is 0 Å². The highest BCUT2D eigenvalue weighted by atomic mass is 16.6. The molecule has 3 amide bonds. The number of cyclic esters (lactones) is 1. The van der Waals surface area contributed by atoms with Crippen molar-refractivity contribution < 1.29 is 33.4 Å². The van der Waals surface area contributed by atoms with Gasteiger partial charge in [-0.25, -0.2) is 9.69 Å². The summed E-state index contributed by atoms with van der Waals surface area (Å²) in [5.74, 6) is -1.43. The molecule has 1 aliphatic heterocycles. The molecule has 0 aromatic heterocycles. The number of hydrogen-bond acceptors (Lipinski definition) is 7. The summed E-state index contributed by atoms with van der Waals surface area (Å²) >= 11 is 0. The van der Waals surface area contributed by atoms with Crippen molar-refractivity contribution in [3.63, 3.8) is 0 Å². The normalized spacial score (nSPS) is 15.3. The smallest absolute Gasteiger partial charge is 0.422 e. The van der Waals surface area contributed by atoms with Crippen molar-refractivity contribution in [3.05, 3.63) is 66.2 Å². The second-order valence-corrected chi connectivity index (χ2v) is 6.49. The third-order valence-corrected chi connectivity index (χ3v) is 4.56. The molecule has 9 nitrogen and oxygen atoms in total. The molecule has 0 saturated carbocycles. The highest BCUT2D eigenvalue weighted by Gasteiger charge is 2.46. The fraction of sp³-hybridized carbons (Fsp3) is 0.182. The molecule has 9 heteroatoms. The lowest BCUT2D eigenvalue weighted by atomic mass is 10.1. The Kier molecular flexibility index (Phi) is 6.35. The standard InChI is InChI=1S/C22H20N2O7/c1-13(14-7-5-4-6-8-14)24-21(27)19(31-22(24)28)20(26)23-12-18(25)15-9-16(29-2)11-17(10-15)30-3/h4-11,19H,1,12H2,2-3H3,(H,23,26). The Morgan fingerprint density at radius 2 is 1.65 bits per heavy atom. The number of Topliss-reactive ketones (excluding diaryl/α,β-unsaturated/α-hetero) is 1. The van der Waals surface area contributed by atoms with E-state index >= 15 is 0 Å². The van der Waals surface area contributed by atoms with Crippen LogP contribution in [0.4, 0.5) is 4.79 Å². The summed E-state index contributed by atoms with van der Waals surface area (Å²) < 4.78 is 15.1. The van der Waals surface area contributed by atoms with Crippen LogP contribution in [0.1, 0.15) is 15.9 Å². The van der Waals surface area contributed by atoms with Gasteiger partial charge in [0.15, 0.2) is 5.78 Å². The van der Waals surface area contributed by atoms with Gasteiger partial charge in [0.05, 0.1) is 26.5 Å².